The van der Waals surface area contributed by atoms with E-state index < -0.39 is 80.4 Å². The maximum absolute atomic E-state index is 14.5. The molecule has 3 fully saturated rings. The van der Waals surface area contributed by atoms with Gasteiger partial charge >= 0.3 is 16.4 Å². The van der Waals surface area contributed by atoms with Crippen LogP contribution >= 0.6 is 0 Å². The molecule has 4 amide bonds. The lowest BCUT2D eigenvalue weighted by atomic mass is 9.85. The van der Waals surface area contributed by atoms with Crippen molar-refractivity contribution in [3.63, 3.8) is 0 Å². The molecule has 53 heavy (non-hydrogen) atoms. The van der Waals surface area contributed by atoms with Gasteiger partial charge in [0.25, 0.3) is 5.91 Å². The minimum absolute atomic E-state index is 0.00542. The zero-order valence-corrected chi connectivity index (χ0v) is 32.1. The van der Waals surface area contributed by atoms with Crippen LogP contribution in [0.2, 0.25) is 0 Å². The molecule has 1 aliphatic heterocycles. The Morgan fingerprint density at radius 3 is 2.42 bits per heavy atom. The molecule has 17 heteroatoms. The Labute approximate surface area is 309 Å². The molecule has 0 spiro atoms. The van der Waals surface area contributed by atoms with Crippen LogP contribution in [0.15, 0.2) is 30.5 Å². The van der Waals surface area contributed by atoms with Gasteiger partial charge in [0.15, 0.2) is 0 Å². The minimum atomic E-state index is -4.53. The van der Waals surface area contributed by atoms with Gasteiger partial charge in [-0.2, -0.15) is 8.42 Å². The van der Waals surface area contributed by atoms with Crippen LogP contribution in [-0.4, -0.2) is 97.2 Å². The molecule has 16 nitrogen and oxygen atoms in total. The van der Waals surface area contributed by atoms with Crippen molar-refractivity contribution in [3.05, 3.63) is 41.9 Å². The highest BCUT2D eigenvalue weighted by molar-refractivity contribution is 7.85. The third-order valence-electron chi connectivity index (χ3n) is 9.49. The van der Waals surface area contributed by atoms with E-state index >= 15 is 0 Å². The van der Waals surface area contributed by atoms with Crippen LogP contribution in [0.25, 0.3) is 15.6 Å². The zero-order valence-electron chi connectivity index (χ0n) is 31.3. The van der Waals surface area contributed by atoms with E-state index in [1.165, 1.54) is 4.90 Å². The molecule has 0 bridgehead atoms. The van der Waals surface area contributed by atoms with Gasteiger partial charge in [-0.3, -0.25) is 14.4 Å². The number of hydrogen-bond acceptors (Lipinski definition) is 11. The molecule has 1 aromatic heterocycles. The Bertz CT molecular complexity index is 1930. The number of carbonyl (C=O) groups excluding carboxylic acids is 4. The quantitative estimate of drug-likeness (QED) is 0.269. The number of alkyl carbamates (subject to hydrolysis) is 1. The SMILES string of the molecule is [C-]#[N+]C[C@@H]1C[C@]1(NC(=O)[C@@H]1C[C@@H](Oc2nccc3cc(OC)ccc23)CN1C(=O)[C@@H](NC(=O)OC(C)(C)C)C(C)(C)C)C(=O)NS(=O)(=O)OC1(C)CC1. The highest BCUT2D eigenvalue weighted by atomic mass is 32.2. The Morgan fingerprint density at radius 1 is 1.11 bits per heavy atom. The summed E-state index contributed by atoms with van der Waals surface area (Å²) in [4.78, 5) is 64.4. The summed E-state index contributed by atoms with van der Waals surface area (Å²) in [5.74, 6) is -2.22. The fourth-order valence-corrected chi connectivity index (χ4v) is 7.47. The van der Waals surface area contributed by atoms with Crippen LogP contribution in [0.5, 0.6) is 11.6 Å². The Balaban J connectivity index is 1.44. The van der Waals surface area contributed by atoms with Crippen molar-refractivity contribution in [2.45, 2.75) is 109 Å². The lowest BCUT2D eigenvalue weighted by Gasteiger charge is -2.36. The van der Waals surface area contributed by atoms with Crippen molar-refractivity contribution in [1.29, 1.82) is 0 Å². The predicted molar refractivity (Wildman–Crippen MR) is 192 cm³/mol. The standard InChI is InChI=1S/C36H48N6O10S/c1-33(2,3)27(39-32(46)51-34(4,5)6)30(44)42-20-24(50-29-25-11-10-23(49-9)16-21(25)12-15-38-29)17-26(42)28(43)40-36(18-22(36)19-37-8)31(45)41-53(47,48)52-35(7)13-14-35/h10-12,15-16,22,24,26-27H,13-14,17-20H2,1-7,9H3,(H,39,46)(H,40,43)(H,41,45)/t22-,24+,26-,27+,36+/m0/s1. The summed E-state index contributed by atoms with van der Waals surface area (Å²) >= 11 is 0. The van der Waals surface area contributed by atoms with Crippen molar-refractivity contribution >= 4 is 44.9 Å². The molecule has 2 aliphatic carbocycles. The number of nitrogens with zero attached hydrogens (tertiary/aromatic N) is 3. The van der Waals surface area contributed by atoms with E-state index in [1.54, 1.807) is 80.0 Å². The highest BCUT2D eigenvalue weighted by Gasteiger charge is 2.65. The van der Waals surface area contributed by atoms with Gasteiger partial charge in [-0.1, -0.05) is 20.8 Å². The average Bonchev–Trinajstić information content (AvgIpc) is 3.89. The molecule has 5 atom stereocenters. The number of hydrogen-bond donors (Lipinski definition) is 3. The fraction of sp³-hybridized carbons (Fsp3) is 0.611. The van der Waals surface area contributed by atoms with Crippen molar-refractivity contribution in [2.75, 3.05) is 20.2 Å². The molecule has 288 valence electrons. The molecular weight excluding hydrogens is 708 g/mol. The summed E-state index contributed by atoms with van der Waals surface area (Å²) in [5.41, 5.74) is -4.36. The Morgan fingerprint density at radius 2 is 1.81 bits per heavy atom. The van der Waals surface area contributed by atoms with E-state index in [0.29, 0.717) is 24.0 Å². The van der Waals surface area contributed by atoms with E-state index in [2.05, 4.69) is 20.5 Å². The molecule has 2 saturated carbocycles. The topological polar surface area (TPSA) is 196 Å². The van der Waals surface area contributed by atoms with Crippen LogP contribution in [-0.2, 0) is 33.6 Å². The number of likely N-dealkylation sites (tertiary alicyclic amines) is 1. The highest BCUT2D eigenvalue weighted by Crippen LogP contribution is 2.45. The number of rotatable bonds is 12. The first-order valence-electron chi connectivity index (χ1n) is 17.4. The second-order valence-corrected chi connectivity index (χ2v) is 17.5. The molecular formula is C36H48N6O10S. The maximum atomic E-state index is 14.5. The van der Waals surface area contributed by atoms with Crippen LogP contribution in [0, 0.1) is 17.9 Å². The first-order chi connectivity index (χ1) is 24.6. The van der Waals surface area contributed by atoms with Crippen molar-refractivity contribution < 1.29 is 46.0 Å². The zero-order chi connectivity index (χ0) is 39.1. The Kier molecular flexibility index (Phi) is 10.6. The molecule has 2 aromatic rings. The number of nitrogens with one attached hydrogen (secondary N) is 3. The summed E-state index contributed by atoms with van der Waals surface area (Å²) in [6, 6.07) is 4.75. The number of amides is 4. The number of benzene rings is 1. The van der Waals surface area contributed by atoms with Crippen molar-refractivity contribution in [1.82, 2.24) is 25.2 Å². The van der Waals surface area contributed by atoms with E-state index in [-0.39, 0.29) is 31.8 Å². The summed E-state index contributed by atoms with van der Waals surface area (Å²) in [7, 11) is -2.98. The molecule has 5 rings (SSSR count). The predicted octanol–water partition coefficient (Wildman–Crippen LogP) is 3.26. The smallest absolute Gasteiger partial charge is 0.408 e. The first-order valence-corrected chi connectivity index (χ1v) is 18.8. The largest absolute Gasteiger partial charge is 0.497 e. The first kappa shape index (κ1) is 39.5. The molecule has 1 saturated heterocycles. The molecule has 3 N–H and O–H groups in total. The summed E-state index contributed by atoms with van der Waals surface area (Å²) in [6.45, 7) is 19.0. The number of aromatic nitrogens is 1. The maximum Gasteiger partial charge on any atom is 0.408 e. The van der Waals surface area contributed by atoms with Gasteiger partial charge in [-0.25, -0.2) is 25.3 Å². The molecule has 0 radical (unpaired) electrons. The lowest BCUT2D eigenvalue weighted by molar-refractivity contribution is -0.143. The van der Waals surface area contributed by atoms with E-state index in [9.17, 15) is 27.6 Å². The van der Waals surface area contributed by atoms with Crippen molar-refractivity contribution in [3.8, 4) is 11.6 Å². The normalized spacial score (nSPS) is 24.0. The lowest BCUT2D eigenvalue weighted by Crippen LogP contribution is -2.60. The van der Waals surface area contributed by atoms with Crippen LogP contribution in [0.4, 0.5) is 4.79 Å². The molecule has 2 heterocycles. The molecule has 1 aromatic carbocycles. The summed E-state index contributed by atoms with van der Waals surface area (Å²) in [6.07, 6.45) is 0.920. The number of methoxy groups -OCH3 is 1. The van der Waals surface area contributed by atoms with Crippen LogP contribution in [0.1, 0.15) is 74.1 Å². The molecule has 3 aliphatic rings. The van der Waals surface area contributed by atoms with Crippen LogP contribution in [0.3, 0.4) is 0 Å². The number of carbonyl (C=O) groups is 4. The van der Waals surface area contributed by atoms with Crippen LogP contribution < -0.4 is 24.8 Å². The Hall–Kier alpha value is -4.69. The second kappa shape index (κ2) is 14.3. The average molecular weight is 757 g/mol. The van der Waals surface area contributed by atoms with Gasteiger partial charge in [-0.15, -0.1) is 0 Å². The third kappa shape index (κ3) is 9.28. The van der Waals surface area contributed by atoms with E-state index in [0.717, 1.165) is 5.39 Å². The van der Waals surface area contributed by atoms with Gasteiger partial charge in [0.1, 0.15) is 35.1 Å². The minimum Gasteiger partial charge on any atom is -0.497 e. The second-order valence-electron chi connectivity index (χ2n) is 16.3. The van der Waals surface area contributed by atoms with Gasteiger partial charge in [-0.05, 0) is 82.0 Å². The summed E-state index contributed by atoms with van der Waals surface area (Å²) in [5, 5.41) is 6.82. The number of fused-ring (bicyclic) bond motifs is 1. The monoisotopic (exact) mass is 756 g/mol. The van der Waals surface area contributed by atoms with Gasteiger partial charge in [0.05, 0.1) is 25.2 Å². The van der Waals surface area contributed by atoms with E-state index in [4.69, 9.17) is 25.0 Å². The summed E-state index contributed by atoms with van der Waals surface area (Å²) < 4.78 is 49.7. The number of pyridine rings is 1. The van der Waals surface area contributed by atoms with Gasteiger partial charge < -0.3 is 34.6 Å². The third-order valence-corrected chi connectivity index (χ3v) is 10.5. The number of ether oxygens (including phenoxy) is 3. The van der Waals surface area contributed by atoms with Gasteiger partial charge in [0, 0.05) is 18.0 Å². The fourth-order valence-electron chi connectivity index (χ4n) is 6.32. The van der Waals surface area contributed by atoms with E-state index in [1.807, 2.05) is 10.8 Å². The molecule has 0 unspecified atom stereocenters. The van der Waals surface area contributed by atoms with Gasteiger partial charge in [0.2, 0.25) is 24.2 Å². The van der Waals surface area contributed by atoms with Crippen molar-refractivity contribution in [2.24, 2.45) is 11.3 Å².